The first-order chi connectivity index (χ1) is 5.47. The van der Waals surface area contributed by atoms with Gasteiger partial charge < -0.3 is 9.88 Å². The average Bonchev–Trinajstić information content (AvgIpc) is 2.58. The molecule has 1 aliphatic heterocycles. The summed E-state index contributed by atoms with van der Waals surface area (Å²) in [7, 11) is 0. The van der Waals surface area contributed by atoms with Gasteiger partial charge in [0.2, 0.25) is 0 Å². The number of halogens is 1. The van der Waals surface area contributed by atoms with Crippen LogP contribution in [0.1, 0.15) is 18.9 Å². The maximum Gasteiger partial charge on any atom is 0.119 e. The summed E-state index contributed by atoms with van der Waals surface area (Å²) < 4.78 is 2.10. The summed E-state index contributed by atoms with van der Waals surface area (Å²) in [5.41, 5.74) is 0. The molecule has 0 saturated carbocycles. The molecule has 1 saturated heterocycles. The number of rotatable bonds is 1. The molecule has 0 amide bonds. The maximum atomic E-state index is 3.79. The quantitative estimate of drug-likeness (QED) is 0.703. The van der Waals surface area contributed by atoms with Crippen LogP contribution in [0.5, 0.6) is 0 Å². The molecule has 0 bridgehead atoms. The van der Waals surface area contributed by atoms with Gasteiger partial charge in [0.15, 0.2) is 0 Å². The summed E-state index contributed by atoms with van der Waals surface area (Å²) in [4.78, 5) is 0. The van der Waals surface area contributed by atoms with E-state index in [1.54, 1.807) is 12.7 Å². The monoisotopic (exact) mass is 188 g/mol. The van der Waals surface area contributed by atoms with Gasteiger partial charge in [-0.3, -0.25) is 0 Å². The normalized spacial score (nSPS) is 18.7. The predicted octanol–water partition coefficient (Wildman–Crippen LogP) is 0.624. The number of hydrogen-bond acceptors (Lipinski definition) is 3. The maximum absolute atomic E-state index is 3.79. The summed E-state index contributed by atoms with van der Waals surface area (Å²) in [6.45, 7) is 2.23. The second kappa shape index (κ2) is 4.42. The Morgan fingerprint density at radius 3 is 2.33 bits per heavy atom. The number of hydrogen-bond donors (Lipinski definition) is 1. The molecule has 5 heteroatoms. The van der Waals surface area contributed by atoms with E-state index in [0.29, 0.717) is 6.04 Å². The van der Waals surface area contributed by atoms with Gasteiger partial charge in [0.25, 0.3) is 0 Å². The van der Waals surface area contributed by atoms with Gasteiger partial charge in [-0.25, -0.2) is 0 Å². The third-order valence-corrected chi connectivity index (χ3v) is 2.17. The molecule has 0 atom stereocenters. The molecule has 0 unspecified atom stereocenters. The van der Waals surface area contributed by atoms with Crippen molar-refractivity contribution in [1.82, 2.24) is 20.1 Å². The lowest BCUT2D eigenvalue weighted by Crippen LogP contribution is -2.28. The van der Waals surface area contributed by atoms with Crippen LogP contribution in [0.4, 0.5) is 0 Å². The Morgan fingerprint density at radius 2 is 1.75 bits per heavy atom. The summed E-state index contributed by atoms with van der Waals surface area (Å²) in [5.74, 6) is 0. The summed E-state index contributed by atoms with van der Waals surface area (Å²) in [6, 6.07) is 0.617. The lowest BCUT2D eigenvalue weighted by Gasteiger charge is -2.22. The highest BCUT2D eigenvalue weighted by Gasteiger charge is 2.13. The first kappa shape index (κ1) is 9.48. The smallest absolute Gasteiger partial charge is 0.119 e. The van der Waals surface area contributed by atoms with Gasteiger partial charge in [0, 0.05) is 6.04 Å². The third-order valence-electron chi connectivity index (χ3n) is 2.17. The molecule has 0 spiro atoms. The number of aromatic nitrogens is 3. The molecule has 1 aliphatic rings. The minimum atomic E-state index is 0. The van der Waals surface area contributed by atoms with Crippen LogP contribution >= 0.6 is 12.4 Å². The highest BCUT2D eigenvalue weighted by molar-refractivity contribution is 5.85. The summed E-state index contributed by atoms with van der Waals surface area (Å²) in [6.07, 6.45) is 5.99. The van der Waals surface area contributed by atoms with Crippen LogP contribution in [0.25, 0.3) is 0 Å². The predicted molar refractivity (Wildman–Crippen MR) is 48.4 cm³/mol. The zero-order valence-corrected chi connectivity index (χ0v) is 7.63. The van der Waals surface area contributed by atoms with Crippen LogP contribution in [-0.2, 0) is 0 Å². The van der Waals surface area contributed by atoms with Crippen molar-refractivity contribution in [3.05, 3.63) is 12.7 Å². The van der Waals surface area contributed by atoms with E-state index in [9.17, 15) is 0 Å². The second-order valence-corrected chi connectivity index (χ2v) is 2.89. The zero-order chi connectivity index (χ0) is 7.52. The van der Waals surface area contributed by atoms with E-state index in [1.807, 2.05) is 0 Å². The third kappa shape index (κ3) is 1.95. The van der Waals surface area contributed by atoms with Gasteiger partial charge in [-0.1, -0.05) is 0 Å². The fraction of sp³-hybridized carbons (Fsp3) is 0.714. The van der Waals surface area contributed by atoms with E-state index >= 15 is 0 Å². The fourth-order valence-electron chi connectivity index (χ4n) is 1.50. The molecule has 12 heavy (non-hydrogen) atoms. The van der Waals surface area contributed by atoms with Gasteiger partial charge in [0.1, 0.15) is 12.7 Å². The minimum Gasteiger partial charge on any atom is -0.317 e. The Balaban J connectivity index is 0.000000720. The Labute approximate surface area is 77.8 Å². The molecule has 4 nitrogen and oxygen atoms in total. The van der Waals surface area contributed by atoms with E-state index in [4.69, 9.17) is 0 Å². The van der Waals surface area contributed by atoms with Crippen LogP contribution in [0.2, 0.25) is 0 Å². The molecule has 0 aliphatic carbocycles. The molecule has 2 rings (SSSR count). The van der Waals surface area contributed by atoms with Crippen molar-refractivity contribution < 1.29 is 0 Å². The zero-order valence-electron chi connectivity index (χ0n) is 6.81. The summed E-state index contributed by atoms with van der Waals surface area (Å²) >= 11 is 0. The van der Waals surface area contributed by atoms with Gasteiger partial charge in [-0.15, -0.1) is 22.6 Å². The SMILES string of the molecule is Cl.c1nncn1C1CCNCC1. The standard InChI is InChI=1S/C7H12N4.ClH/c1-3-8-4-2-7(1)11-5-9-10-6-11;/h5-8H,1-4H2;1H. The first-order valence-corrected chi connectivity index (χ1v) is 4.01. The van der Waals surface area contributed by atoms with E-state index < -0.39 is 0 Å². The lowest BCUT2D eigenvalue weighted by molar-refractivity contribution is 0.367. The molecular weight excluding hydrogens is 176 g/mol. The Morgan fingerprint density at radius 1 is 1.17 bits per heavy atom. The lowest BCUT2D eigenvalue weighted by atomic mass is 10.1. The fourth-order valence-corrected chi connectivity index (χ4v) is 1.50. The molecule has 1 aromatic rings. The van der Waals surface area contributed by atoms with E-state index in [0.717, 1.165) is 13.1 Å². The van der Waals surface area contributed by atoms with Crippen molar-refractivity contribution in [1.29, 1.82) is 0 Å². The van der Waals surface area contributed by atoms with E-state index in [-0.39, 0.29) is 12.4 Å². The summed E-state index contributed by atoms with van der Waals surface area (Å²) in [5, 5.41) is 10.9. The Hall–Kier alpha value is -0.610. The van der Waals surface area contributed by atoms with Crippen molar-refractivity contribution >= 4 is 12.4 Å². The molecule has 0 radical (unpaired) electrons. The van der Waals surface area contributed by atoms with Crippen molar-refractivity contribution in [3.8, 4) is 0 Å². The molecule has 1 fully saturated rings. The Bertz CT molecular complexity index is 205. The number of nitrogens with zero attached hydrogens (tertiary/aromatic N) is 3. The van der Waals surface area contributed by atoms with Gasteiger partial charge in [-0.2, -0.15) is 0 Å². The number of nitrogens with one attached hydrogen (secondary N) is 1. The van der Waals surface area contributed by atoms with Crippen molar-refractivity contribution in [2.75, 3.05) is 13.1 Å². The van der Waals surface area contributed by atoms with Crippen LogP contribution < -0.4 is 5.32 Å². The van der Waals surface area contributed by atoms with Crippen molar-refractivity contribution in [2.24, 2.45) is 0 Å². The highest BCUT2D eigenvalue weighted by atomic mass is 35.5. The van der Waals surface area contributed by atoms with Gasteiger partial charge >= 0.3 is 0 Å². The van der Waals surface area contributed by atoms with Crippen LogP contribution in [0, 0.1) is 0 Å². The van der Waals surface area contributed by atoms with Gasteiger partial charge in [-0.05, 0) is 25.9 Å². The molecule has 2 heterocycles. The molecular formula is C7H13ClN4. The molecule has 0 aromatic carbocycles. The van der Waals surface area contributed by atoms with Crippen LogP contribution in [0.3, 0.4) is 0 Å². The topological polar surface area (TPSA) is 42.7 Å². The second-order valence-electron chi connectivity index (χ2n) is 2.89. The van der Waals surface area contributed by atoms with E-state index in [2.05, 4.69) is 20.1 Å². The van der Waals surface area contributed by atoms with Crippen LogP contribution in [0.15, 0.2) is 12.7 Å². The van der Waals surface area contributed by atoms with Crippen molar-refractivity contribution in [2.45, 2.75) is 18.9 Å². The Kier molecular flexibility index (Phi) is 3.49. The van der Waals surface area contributed by atoms with Gasteiger partial charge in [0.05, 0.1) is 0 Å². The number of piperidine rings is 1. The van der Waals surface area contributed by atoms with Crippen molar-refractivity contribution in [3.63, 3.8) is 0 Å². The van der Waals surface area contributed by atoms with E-state index in [1.165, 1.54) is 12.8 Å². The van der Waals surface area contributed by atoms with Crippen LogP contribution in [-0.4, -0.2) is 27.9 Å². The highest BCUT2D eigenvalue weighted by Crippen LogP contribution is 2.16. The minimum absolute atomic E-state index is 0. The molecule has 68 valence electrons. The largest absolute Gasteiger partial charge is 0.317 e. The average molecular weight is 189 g/mol. The first-order valence-electron chi connectivity index (χ1n) is 4.01. The molecule has 1 aromatic heterocycles. The molecule has 1 N–H and O–H groups in total.